The molecule has 0 bridgehead atoms. The van der Waals surface area contributed by atoms with Crippen molar-refractivity contribution in [1.29, 1.82) is 0 Å². The van der Waals surface area contributed by atoms with Gasteiger partial charge in [-0.15, -0.1) is 0 Å². The van der Waals surface area contributed by atoms with E-state index < -0.39 is 0 Å². The van der Waals surface area contributed by atoms with E-state index in [9.17, 15) is 4.79 Å². The van der Waals surface area contributed by atoms with Gasteiger partial charge in [0.2, 0.25) is 5.91 Å². The van der Waals surface area contributed by atoms with Crippen molar-refractivity contribution in [2.75, 3.05) is 13.1 Å². The van der Waals surface area contributed by atoms with Gasteiger partial charge in [-0.3, -0.25) is 9.69 Å². The second-order valence-corrected chi connectivity index (χ2v) is 5.66. The monoisotopic (exact) mass is 280 g/mol. The second-order valence-electron chi connectivity index (χ2n) is 5.22. The Labute approximate surface area is 119 Å². The SMILES string of the molecule is C[C@@H]1CCCCN1CC(=O)NCc1cccc(Cl)c1. The number of amides is 1. The van der Waals surface area contributed by atoms with Gasteiger partial charge in [-0.25, -0.2) is 0 Å². The van der Waals surface area contributed by atoms with Crippen LogP contribution < -0.4 is 5.32 Å². The van der Waals surface area contributed by atoms with Crippen LogP contribution in [0.4, 0.5) is 0 Å². The van der Waals surface area contributed by atoms with Gasteiger partial charge in [-0.1, -0.05) is 30.2 Å². The molecule has 1 aliphatic rings. The number of carbonyl (C=O) groups is 1. The van der Waals surface area contributed by atoms with Gasteiger partial charge in [0.15, 0.2) is 0 Å². The predicted octanol–water partition coefficient (Wildman–Crippen LogP) is 2.83. The largest absolute Gasteiger partial charge is 0.351 e. The van der Waals surface area contributed by atoms with Gasteiger partial charge in [0.05, 0.1) is 6.54 Å². The lowest BCUT2D eigenvalue weighted by Crippen LogP contribution is -2.44. The average Bonchev–Trinajstić information content (AvgIpc) is 2.39. The Bertz CT molecular complexity index is 436. The van der Waals surface area contributed by atoms with E-state index in [-0.39, 0.29) is 5.91 Å². The van der Waals surface area contributed by atoms with Crippen LogP contribution in [0.15, 0.2) is 24.3 Å². The molecule has 1 N–H and O–H groups in total. The molecule has 0 unspecified atom stereocenters. The molecule has 1 saturated heterocycles. The third-order valence-corrected chi connectivity index (χ3v) is 3.90. The first-order valence-electron chi connectivity index (χ1n) is 6.90. The zero-order valence-electron chi connectivity index (χ0n) is 11.4. The van der Waals surface area contributed by atoms with Crippen LogP contribution in [-0.4, -0.2) is 29.9 Å². The zero-order valence-corrected chi connectivity index (χ0v) is 12.1. The van der Waals surface area contributed by atoms with Crippen LogP contribution in [-0.2, 0) is 11.3 Å². The maximum absolute atomic E-state index is 11.9. The Morgan fingerprint density at radius 1 is 1.47 bits per heavy atom. The number of carbonyl (C=O) groups excluding carboxylic acids is 1. The molecule has 104 valence electrons. The van der Waals surface area contributed by atoms with Gasteiger partial charge in [-0.05, 0) is 44.0 Å². The molecule has 1 amide bonds. The highest BCUT2D eigenvalue weighted by atomic mass is 35.5. The first-order chi connectivity index (χ1) is 9.15. The Hall–Kier alpha value is -1.06. The molecule has 1 fully saturated rings. The number of nitrogens with one attached hydrogen (secondary N) is 1. The van der Waals surface area contributed by atoms with E-state index >= 15 is 0 Å². The standard InChI is InChI=1S/C15H21ClN2O/c1-12-5-2-3-8-18(12)11-15(19)17-10-13-6-4-7-14(16)9-13/h4,6-7,9,12H,2-3,5,8,10-11H2,1H3,(H,17,19)/t12-/m1/s1. The van der Waals surface area contributed by atoms with Crippen LogP contribution in [0.5, 0.6) is 0 Å². The summed E-state index contributed by atoms with van der Waals surface area (Å²) in [6.07, 6.45) is 3.68. The number of halogens is 1. The minimum Gasteiger partial charge on any atom is -0.351 e. The Kier molecular flexibility index (Phi) is 5.23. The fourth-order valence-corrected chi connectivity index (χ4v) is 2.69. The lowest BCUT2D eigenvalue weighted by Gasteiger charge is -2.32. The number of nitrogens with zero attached hydrogens (tertiary/aromatic N) is 1. The molecule has 4 heteroatoms. The van der Waals surface area contributed by atoms with Crippen LogP contribution in [0.25, 0.3) is 0 Å². The van der Waals surface area contributed by atoms with Crippen molar-refractivity contribution in [2.24, 2.45) is 0 Å². The molecular formula is C15H21ClN2O. The van der Waals surface area contributed by atoms with Gasteiger partial charge in [0, 0.05) is 17.6 Å². The van der Waals surface area contributed by atoms with Gasteiger partial charge < -0.3 is 5.32 Å². The molecule has 1 aromatic carbocycles. The van der Waals surface area contributed by atoms with Crippen molar-refractivity contribution in [1.82, 2.24) is 10.2 Å². The lowest BCUT2D eigenvalue weighted by molar-refractivity contribution is -0.123. The van der Waals surface area contributed by atoms with E-state index in [4.69, 9.17) is 11.6 Å². The molecule has 2 rings (SSSR count). The van der Waals surface area contributed by atoms with Crippen LogP contribution in [0.3, 0.4) is 0 Å². The molecule has 1 aliphatic heterocycles. The summed E-state index contributed by atoms with van der Waals surface area (Å²) in [4.78, 5) is 14.2. The molecular weight excluding hydrogens is 260 g/mol. The van der Waals surface area contributed by atoms with E-state index in [0.29, 0.717) is 24.2 Å². The summed E-state index contributed by atoms with van der Waals surface area (Å²) in [7, 11) is 0. The maximum atomic E-state index is 11.9. The van der Waals surface area contributed by atoms with E-state index in [1.165, 1.54) is 19.3 Å². The minimum atomic E-state index is 0.0914. The Morgan fingerprint density at radius 3 is 3.05 bits per heavy atom. The maximum Gasteiger partial charge on any atom is 0.234 e. The molecule has 1 heterocycles. The summed E-state index contributed by atoms with van der Waals surface area (Å²) in [6.45, 7) is 4.28. The van der Waals surface area contributed by atoms with Crippen molar-refractivity contribution < 1.29 is 4.79 Å². The van der Waals surface area contributed by atoms with E-state index in [2.05, 4.69) is 17.1 Å². The molecule has 19 heavy (non-hydrogen) atoms. The van der Waals surface area contributed by atoms with Crippen molar-refractivity contribution >= 4 is 17.5 Å². The summed E-state index contributed by atoms with van der Waals surface area (Å²) < 4.78 is 0. The number of likely N-dealkylation sites (tertiary alicyclic amines) is 1. The number of piperidine rings is 1. The third kappa shape index (κ3) is 4.51. The Balaban J connectivity index is 1.78. The molecule has 1 aromatic rings. The molecule has 0 radical (unpaired) electrons. The molecule has 1 atom stereocenters. The van der Waals surface area contributed by atoms with Crippen molar-refractivity contribution in [3.05, 3.63) is 34.9 Å². The fourth-order valence-electron chi connectivity index (χ4n) is 2.48. The number of rotatable bonds is 4. The summed E-state index contributed by atoms with van der Waals surface area (Å²) in [5.41, 5.74) is 1.03. The van der Waals surface area contributed by atoms with E-state index in [0.717, 1.165) is 12.1 Å². The quantitative estimate of drug-likeness (QED) is 0.920. The molecule has 3 nitrogen and oxygen atoms in total. The van der Waals surface area contributed by atoms with Crippen LogP contribution in [0.2, 0.25) is 5.02 Å². The highest BCUT2D eigenvalue weighted by Gasteiger charge is 2.20. The molecule has 0 saturated carbocycles. The summed E-state index contributed by atoms with van der Waals surface area (Å²) in [5, 5.41) is 3.66. The van der Waals surface area contributed by atoms with Gasteiger partial charge >= 0.3 is 0 Å². The lowest BCUT2D eigenvalue weighted by atomic mass is 10.0. The third-order valence-electron chi connectivity index (χ3n) is 3.67. The second kappa shape index (κ2) is 6.92. The smallest absolute Gasteiger partial charge is 0.234 e. The summed E-state index contributed by atoms with van der Waals surface area (Å²) in [6, 6.07) is 8.10. The first-order valence-corrected chi connectivity index (χ1v) is 7.28. The minimum absolute atomic E-state index is 0.0914. The summed E-state index contributed by atoms with van der Waals surface area (Å²) >= 11 is 5.91. The molecule has 0 aromatic heterocycles. The average molecular weight is 281 g/mol. The number of hydrogen-bond donors (Lipinski definition) is 1. The van der Waals surface area contributed by atoms with Gasteiger partial charge in [-0.2, -0.15) is 0 Å². The normalized spacial score (nSPS) is 20.2. The van der Waals surface area contributed by atoms with Crippen LogP contribution in [0.1, 0.15) is 31.7 Å². The van der Waals surface area contributed by atoms with Crippen LogP contribution in [0, 0.1) is 0 Å². The van der Waals surface area contributed by atoms with Crippen LogP contribution >= 0.6 is 11.6 Å². The highest BCUT2D eigenvalue weighted by molar-refractivity contribution is 6.30. The molecule has 0 spiro atoms. The first kappa shape index (κ1) is 14.4. The van der Waals surface area contributed by atoms with Gasteiger partial charge in [0.25, 0.3) is 0 Å². The zero-order chi connectivity index (χ0) is 13.7. The number of benzene rings is 1. The van der Waals surface area contributed by atoms with Gasteiger partial charge in [0.1, 0.15) is 0 Å². The molecule has 0 aliphatic carbocycles. The Morgan fingerprint density at radius 2 is 2.32 bits per heavy atom. The topological polar surface area (TPSA) is 32.3 Å². The van der Waals surface area contributed by atoms with E-state index in [1.807, 2.05) is 24.3 Å². The summed E-state index contributed by atoms with van der Waals surface area (Å²) in [5.74, 6) is 0.0914. The predicted molar refractivity (Wildman–Crippen MR) is 78.2 cm³/mol. The van der Waals surface area contributed by atoms with E-state index in [1.54, 1.807) is 0 Å². The van der Waals surface area contributed by atoms with Crippen molar-refractivity contribution in [3.8, 4) is 0 Å². The van der Waals surface area contributed by atoms with Crippen molar-refractivity contribution in [3.63, 3.8) is 0 Å². The number of hydrogen-bond acceptors (Lipinski definition) is 2. The van der Waals surface area contributed by atoms with Crippen molar-refractivity contribution in [2.45, 2.75) is 38.8 Å². The highest BCUT2D eigenvalue weighted by Crippen LogP contribution is 2.15. The fraction of sp³-hybridized carbons (Fsp3) is 0.533.